The van der Waals surface area contributed by atoms with Crippen molar-refractivity contribution in [1.82, 2.24) is 4.98 Å². The molecule has 1 saturated carbocycles. The standard InChI is InChI=1S/C17H28N2O2/c1-13(2)14-4-6-15(7-5-14)19-16-8-9-17(18-12-16)21-11-10-20-3/h8-9,12-15,19H,4-7,10-11H2,1-3H3. The van der Waals surface area contributed by atoms with Crippen molar-refractivity contribution in [1.29, 1.82) is 0 Å². The van der Waals surface area contributed by atoms with E-state index in [9.17, 15) is 0 Å². The Balaban J connectivity index is 1.76. The van der Waals surface area contributed by atoms with E-state index in [0.717, 1.165) is 17.5 Å². The molecule has 0 radical (unpaired) electrons. The van der Waals surface area contributed by atoms with E-state index in [2.05, 4.69) is 24.1 Å². The first kappa shape index (κ1) is 16.1. The maximum atomic E-state index is 5.47. The molecule has 1 N–H and O–H groups in total. The largest absolute Gasteiger partial charge is 0.475 e. The summed E-state index contributed by atoms with van der Waals surface area (Å²) in [5, 5.41) is 3.59. The lowest BCUT2D eigenvalue weighted by Gasteiger charge is -2.31. The number of rotatable bonds is 7. The van der Waals surface area contributed by atoms with Crippen molar-refractivity contribution in [2.24, 2.45) is 11.8 Å². The summed E-state index contributed by atoms with van der Waals surface area (Å²) >= 11 is 0. The summed E-state index contributed by atoms with van der Waals surface area (Å²) < 4.78 is 10.4. The predicted molar refractivity (Wildman–Crippen MR) is 85.8 cm³/mol. The van der Waals surface area contributed by atoms with Crippen molar-refractivity contribution in [2.45, 2.75) is 45.6 Å². The summed E-state index contributed by atoms with van der Waals surface area (Å²) in [7, 11) is 1.66. The maximum absolute atomic E-state index is 5.47. The molecular formula is C17H28N2O2. The highest BCUT2D eigenvalue weighted by Gasteiger charge is 2.22. The molecule has 118 valence electrons. The Morgan fingerprint density at radius 1 is 1.19 bits per heavy atom. The fourth-order valence-corrected chi connectivity index (χ4v) is 2.95. The zero-order chi connectivity index (χ0) is 15.1. The summed E-state index contributed by atoms with van der Waals surface area (Å²) in [5.41, 5.74) is 1.09. The summed E-state index contributed by atoms with van der Waals surface area (Å²) in [4.78, 5) is 4.32. The van der Waals surface area contributed by atoms with E-state index in [1.165, 1.54) is 25.7 Å². The number of pyridine rings is 1. The van der Waals surface area contributed by atoms with Crippen LogP contribution in [0.4, 0.5) is 5.69 Å². The minimum Gasteiger partial charge on any atom is -0.475 e. The van der Waals surface area contributed by atoms with Crippen LogP contribution >= 0.6 is 0 Å². The normalized spacial score (nSPS) is 22.3. The van der Waals surface area contributed by atoms with Crippen LogP contribution in [0.1, 0.15) is 39.5 Å². The number of hydrogen-bond donors (Lipinski definition) is 1. The van der Waals surface area contributed by atoms with Crippen LogP contribution < -0.4 is 10.1 Å². The van der Waals surface area contributed by atoms with Gasteiger partial charge in [-0.1, -0.05) is 13.8 Å². The van der Waals surface area contributed by atoms with Crippen LogP contribution in [-0.2, 0) is 4.74 Å². The highest BCUT2D eigenvalue weighted by atomic mass is 16.5. The lowest BCUT2D eigenvalue weighted by atomic mass is 9.80. The van der Waals surface area contributed by atoms with Gasteiger partial charge in [-0.25, -0.2) is 4.98 Å². The minimum atomic E-state index is 0.537. The van der Waals surface area contributed by atoms with E-state index in [-0.39, 0.29) is 0 Å². The zero-order valence-corrected chi connectivity index (χ0v) is 13.5. The molecule has 2 rings (SSSR count). The van der Waals surface area contributed by atoms with Gasteiger partial charge in [-0.3, -0.25) is 0 Å². The third-order valence-corrected chi connectivity index (χ3v) is 4.36. The highest BCUT2D eigenvalue weighted by molar-refractivity contribution is 5.43. The molecular weight excluding hydrogens is 264 g/mol. The Morgan fingerprint density at radius 3 is 2.52 bits per heavy atom. The lowest BCUT2D eigenvalue weighted by Crippen LogP contribution is -2.27. The predicted octanol–water partition coefficient (Wildman–Crippen LogP) is 3.73. The zero-order valence-electron chi connectivity index (χ0n) is 13.5. The number of ether oxygens (including phenoxy) is 2. The van der Waals surface area contributed by atoms with Crippen LogP contribution in [0.25, 0.3) is 0 Å². The molecule has 1 heterocycles. The van der Waals surface area contributed by atoms with Gasteiger partial charge in [0.1, 0.15) is 6.61 Å². The smallest absolute Gasteiger partial charge is 0.213 e. The molecule has 0 aliphatic heterocycles. The summed E-state index contributed by atoms with van der Waals surface area (Å²) in [6, 6.07) is 4.54. The second-order valence-corrected chi connectivity index (χ2v) is 6.23. The number of methoxy groups -OCH3 is 1. The lowest BCUT2D eigenvalue weighted by molar-refractivity contribution is 0.144. The first-order valence-corrected chi connectivity index (χ1v) is 8.03. The third kappa shape index (κ3) is 5.20. The number of hydrogen-bond acceptors (Lipinski definition) is 4. The first-order valence-electron chi connectivity index (χ1n) is 8.03. The maximum Gasteiger partial charge on any atom is 0.213 e. The van der Waals surface area contributed by atoms with E-state index < -0.39 is 0 Å². The molecule has 0 unspecified atom stereocenters. The van der Waals surface area contributed by atoms with E-state index >= 15 is 0 Å². The van der Waals surface area contributed by atoms with E-state index in [0.29, 0.717) is 25.1 Å². The van der Waals surface area contributed by atoms with Gasteiger partial charge in [-0.2, -0.15) is 0 Å². The van der Waals surface area contributed by atoms with Crippen LogP contribution in [0.2, 0.25) is 0 Å². The molecule has 1 aromatic heterocycles. The van der Waals surface area contributed by atoms with Gasteiger partial charge in [-0.05, 0) is 43.6 Å². The number of aromatic nitrogens is 1. The van der Waals surface area contributed by atoms with Gasteiger partial charge in [0.2, 0.25) is 5.88 Å². The average molecular weight is 292 g/mol. The van der Waals surface area contributed by atoms with Crippen molar-refractivity contribution < 1.29 is 9.47 Å². The molecule has 0 spiro atoms. The van der Waals surface area contributed by atoms with Crippen molar-refractivity contribution >= 4 is 5.69 Å². The van der Waals surface area contributed by atoms with E-state index in [1.807, 2.05) is 18.3 Å². The number of nitrogens with zero attached hydrogens (tertiary/aromatic N) is 1. The van der Waals surface area contributed by atoms with Crippen LogP contribution in [0.5, 0.6) is 5.88 Å². The van der Waals surface area contributed by atoms with Crippen molar-refractivity contribution in [3.63, 3.8) is 0 Å². The second-order valence-electron chi connectivity index (χ2n) is 6.23. The quantitative estimate of drug-likeness (QED) is 0.778. The summed E-state index contributed by atoms with van der Waals surface area (Å²) in [5.74, 6) is 2.37. The molecule has 4 nitrogen and oxygen atoms in total. The Morgan fingerprint density at radius 2 is 1.95 bits per heavy atom. The van der Waals surface area contributed by atoms with Crippen molar-refractivity contribution in [3.05, 3.63) is 18.3 Å². The monoisotopic (exact) mass is 292 g/mol. The SMILES string of the molecule is COCCOc1ccc(NC2CCC(C(C)C)CC2)cn1. The second kappa shape index (κ2) is 8.23. The number of anilines is 1. The van der Waals surface area contributed by atoms with Gasteiger partial charge in [0.25, 0.3) is 0 Å². The van der Waals surface area contributed by atoms with Gasteiger partial charge < -0.3 is 14.8 Å². The van der Waals surface area contributed by atoms with Gasteiger partial charge in [0, 0.05) is 19.2 Å². The van der Waals surface area contributed by atoms with Gasteiger partial charge in [-0.15, -0.1) is 0 Å². The molecule has 0 saturated heterocycles. The Labute approximate surface area is 128 Å². The fourth-order valence-electron chi connectivity index (χ4n) is 2.95. The van der Waals surface area contributed by atoms with Crippen LogP contribution in [-0.4, -0.2) is 31.3 Å². The molecule has 1 fully saturated rings. The molecule has 0 aromatic carbocycles. The molecule has 21 heavy (non-hydrogen) atoms. The summed E-state index contributed by atoms with van der Waals surface area (Å²) in [6.45, 7) is 5.80. The van der Waals surface area contributed by atoms with Crippen molar-refractivity contribution in [2.75, 3.05) is 25.6 Å². The van der Waals surface area contributed by atoms with E-state index in [4.69, 9.17) is 9.47 Å². The van der Waals surface area contributed by atoms with Gasteiger partial charge >= 0.3 is 0 Å². The molecule has 4 heteroatoms. The minimum absolute atomic E-state index is 0.537. The number of nitrogens with one attached hydrogen (secondary N) is 1. The highest BCUT2D eigenvalue weighted by Crippen LogP contribution is 2.31. The molecule has 0 amide bonds. The fraction of sp³-hybridized carbons (Fsp3) is 0.706. The molecule has 1 aliphatic rings. The molecule has 1 aliphatic carbocycles. The summed E-state index contributed by atoms with van der Waals surface area (Å²) in [6.07, 6.45) is 7.04. The topological polar surface area (TPSA) is 43.4 Å². The molecule has 1 aromatic rings. The average Bonchev–Trinajstić information content (AvgIpc) is 2.50. The Bertz CT molecular complexity index is 398. The van der Waals surface area contributed by atoms with Crippen molar-refractivity contribution in [3.8, 4) is 5.88 Å². The Kier molecular flexibility index (Phi) is 6.30. The third-order valence-electron chi connectivity index (χ3n) is 4.36. The van der Waals surface area contributed by atoms with Crippen LogP contribution in [0.15, 0.2) is 18.3 Å². The first-order chi connectivity index (χ1) is 10.2. The van der Waals surface area contributed by atoms with Crippen LogP contribution in [0, 0.1) is 11.8 Å². The van der Waals surface area contributed by atoms with Crippen LogP contribution in [0.3, 0.4) is 0 Å². The molecule has 0 atom stereocenters. The van der Waals surface area contributed by atoms with Gasteiger partial charge in [0.05, 0.1) is 18.5 Å². The van der Waals surface area contributed by atoms with E-state index in [1.54, 1.807) is 7.11 Å². The van der Waals surface area contributed by atoms with Gasteiger partial charge in [0.15, 0.2) is 0 Å². The molecule has 0 bridgehead atoms. The Hall–Kier alpha value is -1.29.